The van der Waals surface area contributed by atoms with Crippen LogP contribution < -0.4 is 5.32 Å². The summed E-state index contributed by atoms with van der Waals surface area (Å²) >= 11 is 1.45. The second kappa shape index (κ2) is 6.29. The number of esters is 1. The van der Waals surface area contributed by atoms with Crippen LogP contribution in [-0.4, -0.2) is 29.5 Å². The monoisotopic (exact) mass is 290 g/mol. The van der Waals surface area contributed by atoms with Crippen LogP contribution in [0.5, 0.6) is 0 Å². The van der Waals surface area contributed by atoms with Crippen molar-refractivity contribution in [3.63, 3.8) is 0 Å². The number of hydrogen-bond donors (Lipinski definition) is 1. The number of carbonyl (C=O) groups excluding carboxylic acids is 2. The molecule has 0 aliphatic rings. The van der Waals surface area contributed by atoms with Crippen LogP contribution in [0.3, 0.4) is 0 Å². The van der Waals surface area contributed by atoms with Gasteiger partial charge in [0.25, 0.3) is 5.91 Å². The molecule has 20 heavy (non-hydrogen) atoms. The number of carbonyl (C=O) groups is 2. The van der Waals surface area contributed by atoms with Gasteiger partial charge in [-0.15, -0.1) is 17.9 Å². The molecule has 1 aromatic carbocycles. The third-order valence-corrected chi connectivity index (χ3v) is 3.43. The minimum Gasteiger partial charge on any atom is -0.449 e. The zero-order valence-corrected chi connectivity index (χ0v) is 11.8. The van der Waals surface area contributed by atoms with Crippen molar-refractivity contribution in [3.8, 4) is 0 Å². The molecule has 0 radical (unpaired) electrons. The largest absolute Gasteiger partial charge is 0.449 e. The Morgan fingerprint density at radius 1 is 1.55 bits per heavy atom. The Balaban J connectivity index is 2.03. The first-order valence-corrected chi connectivity index (χ1v) is 6.92. The van der Waals surface area contributed by atoms with E-state index in [1.54, 1.807) is 29.8 Å². The van der Waals surface area contributed by atoms with Crippen molar-refractivity contribution < 1.29 is 14.3 Å². The van der Waals surface area contributed by atoms with Gasteiger partial charge in [-0.25, -0.2) is 9.78 Å². The van der Waals surface area contributed by atoms with Crippen LogP contribution in [0.2, 0.25) is 0 Å². The van der Waals surface area contributed by atoms with E-state index in [-0.39, 0.29) is 5.91 Å². The maximum absolute atomic E-state index is 12.0. The number of amides is 1. The fraction of sp³-hybridized carbons (Fsp3) is 0.214. The van der Waals surface area contributed by atoms with E-state index in [9.17, 15) is 9.59 Å². The van der Waals surface area contributed by atoms with Gasteiger partial charge in [-0.1, -0.05) is 6.08 Å². The molecule has 1 aromatic heterocycles. The van der Waals surface area contributed by atoms with Gasteiger partial charge in [-0.3, -0.25) is 4.79 Å². The summed E-state index contributed by atoms with van der Waals surface area (Å²) in [6, 6.07) is 5.10. The first kappa shape index (κ1) is 14.2. The Morgan fingerprint density at radius 2 is 2.35 bits per heavy atom. The molecule has 1 unspecified atom stereocenters. The van der Waals surface area contributed by atoms with E-state index in [0.29, 0.717) is 12.1 Å². The van der Waals surface area contributed by atoms with Gasteiger partial charge < -0.3 is 10.1 Å². The molecule has 0 saturated carbocycles. The second-order valence-corrected chi connectivity index (χ2v) is 5.00. The fourth-order valence-corrected chi connectivity index (χ4v) is 2.30. The molecule has 1 atom stereocenters. The Bertz CT molecular complexity index is 651. The molecule has 0 spiro atoms. The number of rotatable bonds is 5. The van der Waals surface area contributed by atoms with Gasteiger partial charge in [0.1, 0.15) is 0 Å². The highest BCUT2D eigenvalue weighted by atomic mass is 32.1. The number of hydrogen-bond acceptors (Lipinski definition) is 5. The molecule has 5 nitrogen and oxygen atoms in total. The lowest BCUT2D eigenvalue weighted by Crippen LogP contribution is -2.35. The topological polar surface area (TPSA) is 68.3 Å². The highest BCUT2D eigenvalue weighted by Gasteiger charge is 2.18. The predicted octanol–water partition coefficient (Wildman–Crippen LogP) is 2.14. The Kier molecular flexibility index (Phi) is 4.47. The minimum absolute atomic E-state index is 0.341. The van der Waals surface area contributed by atoms with Crippen molar-refractivity contribution in [2.45, 2.75) is 13.0 Å². The van der Waals surface area contributed by atoms with E-state index in [0.717, 1.165) is 10.2 Å². The maximum Gasteiger partial charge on any atom is 0.338 e. The summed E-state index contributed by atoms with van der Waals surface area (Å²) in [6.45, 7) is 5.37. The lowest BCUT2D eigenvalue weighted by molar-refractivity contribution is -0.128. The normalized spacial score (nSPS) is 11.8. The quantitative estimate of drug-likeness (QED) is 0.676. The molecule has 2 aromatic rings. The summed E-state index contributed by atoms with van der Waals surface area (Å²) in [5.74, 6) is -0.876. The Labute approximate surface area is 120 Å². The summed E-state index contributed by atoms with van der Waals surface area (Å²) in [7, 11) is 0. The molecule has 0 aliphatic heterocycles. The number of nitrogens with zero attached hydrogens (tertiary/aromatic N) is 1. The molecule has 0 aliphatic carbocycles. The lowest BCUT2D eigenvalue weighted by Gasteiger charge is -2.12. The molecule has 0 fully saturated rings. The fourth-order valence-electron chi connectivity index (χ4n) is 1.58. The van der Waals surface area contributed by atoms with E-state index in [4.69, 9.17) is 4.74 Å². The van der Waals surface area contributed by atoms with Gasteiger partial charge in [0.15, 0.2) is 6.10 Å². The van der Waals surface area contributed by atoms with Crippen molar-refractivity contribution in [2.75, 3.05) is 6.54 Å². The SMILES string of the molecule is C=CCNC(=O)C(C)OC(=O)c1ccc2ncsc2c1. The molecule has 6 heteroatoms. The van der Waals surface area contributed by atoms with Gasteiger partial charge in [0.05, 0.1) is 21.3 Å². The van der Waals surface area contributed by atoms with Crippen LogP contribution >= 0.6 is 11.3 Å². The van der Waals surface area contributed by atoms with Gasteiger partial charge >= 0.3 is 5.97 Å². The molecule has 1 N–H and O–H groups in total. The van der Waals surface area contributed by atoms with Crippen LogP contribution in [0.4, 0.5) is 0 Å². The van der Waals surface area contributed by atoms with Crippen LogP contribution in [0.1, 0.15) is 17.3 Å². The van der Waals surface area contributed by atoms with Crippen molar-refractivity contribution in [3.05, 3.63) is 41.9 Å². The Morgan fingerprint density at radius 3 is 3.10 bits per heavy atom. The standard InChI is InChI=1S/C14H14N2O3S/c1-3-6-15-13(17)9(2)19-14(18)10-4-5-11-12(7-10)20-8-16-11/h3-5,7-9H,1,6H2,2H3,(H,15,17). The summed E-state index contributed by atoms with van der Waals surface area (Å²) in [5.41, 5.74) is 2.96. The molecule has 0 bridgehead atoms. The van der Waals surface area contributed by atoms with E-state index in [1.807, 2.05) is 0 Å². The predicted molar refractivity (Wildman–Crippen MR) is 77.7 cm³/mol. The van der Waals surface area contributed by atoms with Gasteiger partial charge in [-0.05, 0) is 25.1 Å². The lowest BCUT2D eigenvalue weighted by atomic mass is 10.2. The van der Waals surface area contributed by atoms with E-state index in [2.05, 4.69) is 16.9 Å². The first-order valence-electron chi connectivity index (χ1n) is 6.04. The smallest absolute Gasteiger partial charge is 0.338 e. The minimum atomic E-state index is -0.848. The van der Waals surface area contributed by atoms with Crippen molar-refractivity contribution in [1.29, 1.82) is 0 Å². The molecule has 2 rings (SSSR count). The van der Waals surface area contributed by atoms with Crippen LogP contribution in [0, 0.1) is 0 Å². The number of nitrogens with one attached hydrogen (secondary N) is 1. The zero-order valence-electron chi connectivity index (χ0n) is 11.0. The number of aromatic nitrogens is 1. The average Bonchev–Trinajstić information content (AvgIpc) is 2.91. The molecule has 0 saturated heterocycles. The highest BCUT2D eigenvalue weighted by Crippen LogP contribution is 2.19. The summed E-state index contributed by atoms with van der Waals surface area (Å²) in [6.07, 6.45) is 0.712. The molecular weight excluding hydrogens is 276 g/mol. The third-order valence-electron chi connectivity index (χ3n) is 2.64. The summed E-state index contributed by atoms with van der Waals surface area (Å²) in [4.78, 5) is 27.7. The average molecular weight is 290 g/mol. The molecule has 1 heterocycles. The third kappa shape index (κ3) is 3.21. The van der Waals surface area contributed by atoms with E-state index < -0.39 is 12.1 Å². The number of thiazole rings is 1. The van der Waals surface area contributed by atoms with E-state index >= 15 is 0 Å². The van der Waals surface area contributed by atoms with Crippen LogP contribution in [-0.2, 0) is 9.53 Å². The number of ether oxygens (including phenoxy) is 1. The molecule has 104 valence electrons. The Hall–Kier alpha value is -2.21. The van der Waals surface area contributed by atoms with Crippen molar-refractivity contribution in [1.82, 2.24) is 10.3 Å². The summed E-state index contributed by atoms with van der Waals surface area (Å²) in [5, 5.41) is 2.57. The van der Waals surface area contributed by atoms with Gasteiger partial charge in [-0.2, -0.15) is 0 Å². The zero-order chi connectivity index (χ0) is 14.5. The first-order chi connectivity index (χ1) is 9.61. The van der Waals surface area contributed by atoms with Gasteiger partial charge in [0, 0.05) is 6.54 Å². The second-order valence-electron chi connectivity index (χ2n) is 4.12. The molecule has 1 amide bonds. The van der Waals surface area contributed by atoms with Crippen LogP contribution in [0.15, 0.2) is 36.4 Å². The van der Waals surface area contributed by atoms with Crippen LogP contribution in [0.25, 0.3) is 10.2 Å². The number of benzene rings is 1. The molecular formula is C14H14N2O3S. The maximum atomic E-state index is 12.0. The number of fused-ring (bicyclic) bond motifs is 1. The van der Waals surface area contributed by atoms with E-state index in [1.165, 1.54) is 18.3 Å². The van der Waals surface area contributed by atoms with Gasteiger partial charge in [0.2, 0.25) is 0 Å². The highest BCUT2D eigenvalue weighted by molar-refractivity contribution is 7.16. The van der Waals surface area contributed by atoms with Crippen molar-refractivity contribution >= 4 is 33.4 Å². The summed E-state index contributed by atoms with van der Waals surface area (Å²) < 4.78 is 6.03. The van der Waals surface area contributed by atoms with Crippen molar-refractivity contribution in [2.24, 2.45) is 0 Å².